The Labute approximate surface area is 107 Å². The van der Waals surface area contributed by atoms with Crippen molar-refractivity contribution < 1.29 is 0 Å². The number of nitrogens with zero attached hydrogens (tertiary/aromatic N) is 1. The summed E-state index contributed by atoms with van der Waals surface area (Å²) in [4.78, 5) is 4.53. The summed E-state index contributed by atoms with van der Waals surface area (Å²) in [6.07, 6.45) is 6.01. The van der Waals surface area contributed by atoms with Crippen molar-refractivity contribution in [2.24, 2.45) is 5.41 Å². The van der Waals surface area contributed by atoms with Gasteiger partial charge in [0.05, 0.1) is 23.1 Å². The second-order valence-electron chi connectivity index (χ2n) is 5.62. The molecule has 0 bridgehead atoms. The standard InChI is InChI=1S/C15H17N3/c1-2-5-12-11(4-1)14-13(8-16-12)17-9-15(10-18-14)6-3-7-15/h1-2,4-5,8,17-18H,3,6-7,9-10H2. The summed E-state index contributed by atoms with van der Waals surface area (Å²) >= 11 is 0. The van der Waals surface area contributed by atoms with Crippen molar-refractivity contribution >= 4 is 22.3 Å². The van der Waals surface area contributed by atoms with Gasteiger partial charge in [0, 0.05) is 23.9 Å². The van der Waals surface area contributed by atoms with E-state index in [0.717, 1.165) is 24.3 Å². The van der Waals surface area contributed by atoms with Crippen LogP contribution in [0.25, 0.3) is 10.9 Å². The van der Waals surface area contributed by atoms with Crippen LogP contribution in [0.15, 0.2) is 30.5 Å². The van der Waals surface area contributed by atoms with Crippen LogP contribution < -0.4 is 10.6 Å². The van der Waals surface area contributed by atoms with E-state index in [4.69, 9.17) is 0 Å². The van der Waals surface area contributed by atoms with E-state index in [2.05, 4.69) is 33.8 Å². The predicted octanol–water partition coefficient (Wildman–Crippen LogP) is 3.24. The highest BCUT2D eigenvalue weighted by molar-refractivity contribution is 5.97. The van der Waals surface area contributed by atoms with Crippen LogP contribution >= 0.6 is 0 Å². The Balaban J connectivity index is 1.81. The van der Waals surface area contributed by atoms with Crippen molar-refractivity contribution in [2.45, 2.75) is 19.3 Å². The van der Waals surface area contributed by atoms with Gasteiger partial charge in [-0.15, -0.1) is 0 Å². The Bertz CT molecular complexity index is 602. The molecule has 18 heavy (non-hydrogen) atoms. The molecule has 1 aromatic heterocycles. The van der Waals surface area contributed by atoms with Crippen molar-refractivity contribution in [1.29, 1.82) is 0 Å². The molecule has 0 unspecified atom stereocenters. The lowest BCUT2D eigenvalue weighted by molar-refractivity contribution is 0.171. The van der Waals surface area contributed by atoms with E-state index in [-0.39, 0.29) is 0 Å². The average molecular weight is 239 g/mol. The molecule has 1 spiro atoms. The van der Waals surface area contributed by atoms with Gasteiger partial charge in [0.1, 0.15) is 0 Å². The number of benzene rings is 1. The van der Waals surface area contributed by atoms with Gasteiger partial charge in [-0.2, -0.15) is 0 Å². The first-order valence-corrected chi connectivity index (χ1v) is 6.72. The molecule has 0 amide bonds. The molecule has 2 N–H and O–H groups in total. The number of hydrogen-bond donors (Lipinski definition) is 2. The van der Waals surface area contributed by atoms with Gasteiger partial charge < -0.3 is 10.6 Å². The molecule has 1 aliphatic heterocycles. The molecule has 1 fully saturated rings. The molecule has 2 heterocycles. The van der Waals surface area contributed by atoms with Crippen molar-refractivity contribution in [2.75, 3.05) is 23.7 Å². The molecule has 0 atom stereocenters. The normalized spacial score (nSPS) is 20.4. The lowest BCUT2D eigenvalue weighted by Crippen LogP contribution is -2.40. The first kappa shape index (κ1) is 10.2. The van der Waals surface area contributed by atoms with Gasteiger partial charge in [-0.1, -0.05) is 24.6 Å². The minimum Gasteiger partial charge on any atom is -0.382 e. The minimum atomic E-state index is 0.472. The highest BCUT2D eigenvalue weighted by Crippen LogP contribution is 2.44. The summed E-state index contributed by atoms with van der Waals surface area (Å²) < 4.78 is 0. The Hall–Kier alpha value is -1.77. The van der Waals surface area contributed by atoms with Crippen LogP contribution in [-0.4, -0.2) is 18.1 Å². The van der Waals surface area contributed by atoms with E-state index in [1.807, 2.05) is 12.3 Å². The SMILES string of the molecule is c1ccc2c3c(cnc2c1)NCC1(CCC1)CN3. The van der Waals surface area contributed by atoms with Gasteiger partial charge in [-0.05, 0) is 18.9 Å². The van der Waals surface area contributed by atoms with Crippen LogP contribution in [0.4, 0.5) is 11.4 Å². The van der Waals surface area contributed by atoms with Gasteiger partial charge in [0.25, 0.3) is 0 Å². The quantitative estimate of drug-likeness (QED) is 0.741. The fourth-order valence-electron chi connectivity index (χ4n) is 3.12. The van der Waals surface area contributed by atoms with E-state index < -0.39 is 0 Å². The number of anilines is 2. The number of pyridine rings is 1. The molecule has 3 nitrogen and oxygen atoms in total. The summed E-state index contributed by atoms with van der Waals surface area (Å²) in [5.74, 6) is 0. The first-order valence-electron chi connectivity index (χ1n) is 6.72. The Morgan fingerprint density at radius 2 is 1.89 bits per heavy atom. The molecule has 2 aliphatic rings. The third-order valence-corrected chi connectivity index (χ3v) is 4.48. The van der Waals surface area contributed by atoms with E-state index in [1.54, 1.807) is 0 Å². The molecular weight excluding hydrogens is 222 g/mol. The Morgan fingerprint density at radius 1 is 1.06 bits per heavy atom. The number of fused-ring (bicyclic) bond motifs is 3. The molecule has 1 aliphatic carbocycles. The van der Waals surface area contributed by atoms with Crippen LogP contribution in [0.1, 0.15) is 19.3 Å². The van der Waals surface area contributed by atoms with Gasteiger partial charge in [0.15, 0.2) is 0 Å². The highest BCUT2D eigenvalue weighted by Gasteiger charge is 2.38. The maximum absolute atomic E-state index is 4.53. The lowest BCUT2D eigenvalue weighted by Gasteiger charge is -2.41. The monoisotopic (exact) mass is 239 g/mol. The summed E-state index contributed by atoms with van der Waals surface area (Å²) in [6, 6.07) is 8.34. The average Bonchev–Trinajstić information content (AvgIpc) is 2.58. The Morgan fingerprint density at radius 3 is 2.72 bits per heavy atom. The zero-order chi connectivity index (χ0) is 12.0. The fourth-order valence-corrected chi connectivity index (χ4v) is 3.12. The highest BCUT2D eigenvalue weighted by atomic mass is 15.0. The third kappa shape index (κ3) is 1.40. The smallest absolute Gasteiger partial charge is 0.0769 e. The van der Waals surface area contributed by atoms with Crippen LogP contribution in [0, 0.1) is 5.41 Å². The van der Waals surface area contributed by atoms with E-state index in [9.17, 15) is 0 Å². The Kier molecular flexibility index (Phi) is 2.04. The van der Waals surface area contributed by atoms with Crippen molar-refractivity contribution in [3.8, 4) is 0 Å². The number of para-hydroxylation sites is 1. The number of aromatic nitrogens is 1. The summed E-state index contributed by atoms with van der Waals surface area (Å²) in [7, 11) is 0. The number of nitrogens with one attached hydrogen (secondary N) is 2. The van der Waals surface area contributed by atoms with Crippen molar-refractivity contribution in [3.63, 3.8) is 0 Å². The van der Waals surface area contributed by atoms with Gasteiger partial charge in [-0.25, -0.2) is 0 Å². The lowest BCUT2D eigenvalue weighted by atomic mass is 9.69. The fraction of sp³-hybridized carbons (Fsp3) is 0.400. The van der Waals surface area contributed by atoms with E-state index in [0.29, 0.717) is 5.41 Å². The molecule has 2 aromatic rings. The van der Waals surface area contributed by atoms with Crippen molar-refractivity contribution in [1.82, 2.24) is 4.98 Å². The molecule has 4 rings (SSSR count). The van der Waals surface area contributed by atoms with Crippen LogP contribution in [-0.2, 0) is 0 Å². The third-order valence-electron chi connectivity index (χ3n) is 4.48. The molecule has 1 saturated carbocycles. The van der Waals surface area contributed by atoms with E-state index in [1.165, 1.54) is 30.3 Å². The maximum Gasteiger partial charge on any atom is 0.0769 e. The van der Waals surface area contributed by atoms with Crippen molar-refractivity contribution in [3.05, 3.63) is 30.5 Å². The van der Waals surface area contributed by atoms with E-state index >= 15 is 0 Å². The van der Waals surface area contributed by atoms with Crippen LogP contribution in [0.3, 0.4) is 0 Å². The van der Waals surface area contributed by atoms with Gasteiger partial charge in [0.2, 0.25) is 0 Å². The zero-order valence-electron chi connectivity index (χ0n) is 10.4. The number of rotatable bonds is 0. The molecule has 0 saturated heterocycles. The predicted molar refractivity (Wildman–Crippen MR) is 75.0 cm³/mol. The molecular formula is C15H17N3. The zero-order valence-corrected chi connectivity index (χ0v) is 10.4. The molecule has 3 heteroatoms. The largest absolute Gasteiger partial charge is 0.382 e. The molecule has 1 aromatic carbocycles. The van der Waals surface area contributed by atoms with Crippen LogP contribution in [0.2, 0.25) is 0 Å². The second kappa shape index (κ2) is 3.61. The van der Waals surface area contributed by atoms with Gasteiger partial charge >= 0.3 is 0 Å². The maximum atomic E-state index is 4.53. The van der Waals surface area contributed by atoms with Gasteiger partial charge in [-0.3, -0.25) is 4.98 Å². The first-order chi connectivity index (χ1) is 8.86. The minimum absolute atomic E-state index is 0.472. The summed E-state index contributed by atoms with van der Waals surface area (Å²) in [5.41, 5.74) is 3.91. The molecule has 92 valence electrons. The van der Waals surface area contributed by atoms with Crippen LogP contribution in [0.5, 0.6) is 0 Å². The summed E-state index contributed by atoms with van der Waals surface area (Å²) in [5, 5.41) is 8.46. The topological polar surface area (TPSA) is 37.0 Å². The number of hydrogen-bond acceptors (Lipinski definition) is 3. The molecule has 0 radical (unpaired) electrons. The second-order valence-corrected chi connectivity index (χ2v) is 5.62. The summed E-state index contributed by atoms with van der Waals surface area (Å²) in [6.45, 7) is 2.16.